The van der Waals surface area contributed by atoms with Crippen molar-refractivity contribution in [2.45, 2.75) is 17.1 Å². The third-order valence-corrected chi connectivity index (χ3v) is 6.29. The molecule has 0 radical (unpaired) electrons. The van der Waals surface area contributed by atoms with Crippen molar-refractivity contribution in [2.75, 3.05) is 33.3 Å². The van der Waals surface area contributed by atoms with Crippen molar-refractivity contribution in [1.82, 2.24) is 9.80 Å². The Bertz CT molecular complexity index is 853. The number of carbonyl (C=O) groups excluding carboxylic acids is 2. The van der Waals surface area contributed by atoms with E-state index < -0.39 is 0 Å². The van der Waals surface area contributed by atoms with Crippen LogP contribution in [0.25, 0.3) is 0 Å². The summed E-state index contributed by atoms with van der Waals surface area (Å²) in [5.41, 5.74) is 0.599. The molecular formula is C21H23ClN2O3S. The standard InChI is InChI=1S/C21H23ClN2O3S/c1-15(28-19-9-4-3-8-18(19)22)20(25)23-10-12-24(13-11-23)21(26)16-6-5-7-17(14-16)27-2/h3-9,14-15H,10-13H2,1-2H3. The summed E-state index contributed by atoms with van der Waals surface area (Å²) in [5, 5.41) is 0.418. The monoisotopic (exact) mass is 418 g/mol. The van der Waals surface area contributed by atoms with Gasteiger partial charge in [0, 0.05) is 36.6 Å². The number of nitrogens with zero attached hydrogens (tertiary/aromatic N) is 2. The molecule has 0 saturated carbocycles. The molecule has 28 heavy (non-hydrogen) atoms. The SMILES string of the molecule is COc1cccc(C(=O)N2CCN(C(=O)C(C)Sc3ccccc3Cl)CC2)c1. The molecule has 5 nitrogen and oxygen atoms in total. The number of methoxy groups -OCH3 is 1. The summed E-state index contributed by atoms with van der Waals surface area (Å²) < 4.78 is 5.19. The van der Waals surface area contributed by atoms with Gasteiger partial charge < -0.3 is 14.5 Å². The van der Waals surface area contributed by atoms with Gasteiger partial charge in [0.15, 0.2) is 0 Å². The van der Waals surface area contributed by atoms with E-state index in [2.05, 4.69) is 0 Å². The molecule has 0 N–H and O–H groups in total. The first-order valence-corrected chi connectivity index (χ1v) is 10.4. The number of benzene rings is 2. The predicted molar refractivity (Wildman–Crippen MR) is 112 cm³/mol. The number of halogens is 1. The van der Waals surface area contributed by atoms with Crippen LogP contribution >= 0.6 is 23.4 Å². The van der Waals surface area contributed by atoms with Crippen LogP contribution in [0.4, 0.5) is 0 Å². The van der Waals surface area contributed by atoms with Crippen molar-refractivity contribution in [3.8, 4) is 5.75 Å². The lowest BCUT2D eigenvalue weighted by Crippen LogP contribution is -2.52. The second-order valence-electron chi connectivity index (χ2n) is 6.54. The van der Waals surface area contributed by atoms with Crippen LogP contribution in [0.15, 0.2) is 53.4 Å². The van der Waals surface area contributed by atoms with E-state index in [0.717, 1.165) is 4.90 Å². The van der Waals surface area contributed by atoms with E-state index in [0.29, 0.717) is 42.5 Å². The van der Waals surface area contributed by atoms with Gasteiger partial charge in [0.2, 0.25) is 5.91 Å². The Morgan fingerprint density at radius 3 is 2.39 bits per heavy atom. The van der Waals surface area contributed by atoms with E-state index in [1.165, 1.54) is 11.8 Å². The molecule has 148 valence electrons. The highest BCUT2D eigenvalue weighted by molar-refractivity contribution is 8.00. The van der Waals surface area contributed by atoms with Crippen molar-refractivity contribution >= 4 is 35.2 Å². The topological polar surface area (TPSA) is 49.9 Å². The van der Waals surface area contributed by atoms with Crippen LogP contribution in [0.1, 0.15) is 17.3 Å². The molecule has 1 heterocycles. The number of rotatable bonds is 5. The Morgan fingerprint density at radius 2 is 1.71 bits per heavy atom. The Kier molecular flexibility index (Phi) is 6.86. The minimum Gasteiger partial charge on any atom is -0.497 e. The van der Waals surface area contributed by atoms with E-state index in [1.54, 1.807) is 30.2 Å². The lowest BCUT2D eigenvalue weighted by Gasteiger charge is -2.36. The van der Waals surface area contributed by atoms with Gasteiger partial charge in [-0.3, -0.25) is 9.59 Å². The zero-order valence-electron chi connectivity index (χ0n) is 15.9. The Balaban J connectivity index is 1.56. The summed E-state index contributed by atoms with van der Waals surface area (Å²) in [4.78, 5) is 30.0. The molecule has 0 aromatic heterocycles. The minimum absolute atomic E-state index is 0.0375. The molecule has 2 amide bonds. The number of ether oxygens (including phenoxy) is 1. The van der Waals surface area contributed by atoms with Crippen LogP contribution in [0, 0.1) is 0 Å². The van der Waals surface area contributed by atoms with E-state index in [4.69, 9.17) is 16.3 Å². The third kappa shape index (κ3) is 4.80. The maximum atomic E-state index is 12.8. The van der Waals surface area contributed by atoms with Gasteiger partial charge in [-0.25, -0.2) is 0 Å². The first-order chi connectivity index (χ1) is 13.5. The highest BCUT2D eigenvalue weighted by Crippen LogP contribution is 2.31. The maximum Gasteiger partial charge on any atom is 0.254 e. The molecule has 2 aromatic rings. The van der Waals surface area contributed by atoms with Crippen molar-refractivity contribution in [3.63, 3.8) is 0 Å². The van der Waals surface area contributed by atoms with Crippen molar-refractivity contribution in [2.24, 2.45) is 0 Å². The molecule has 2 aromatic carbocycles. The average Bonchev–Trinajstić information content (AvgIpc) is 2.74. The minimum atomic E-state index is -0.236. The number of thioether (sulfide) groups is 1. The zero-order valence-corrected chi connectivity index (χ0v) is 17.5. The number of carbonyl (C=O) groups is 2. The summed E-state index contributed by atoms with van der Waals surface area (Å²) in [5.74, 6) is 0.688. The van der Waals surface area contributed by atoms with Crippen LogP contribution in [0.3, 0.4) is 0 Å². The third-order valence-electron chi connectivity index (χ3n) is 4.68. The molecule has 1 aliphatic heterocycles. The molecule has 7 heteroatoms. The molecule has 1 saturated heterocycles. The average molecular weight is 419 g/mol. The summed E-state index contributed by atoms with van der Waals surface area (Å²) in [7, 11) is 1.58. The molecule has 1 atom stereocenters. The maximum absolute atomic E-state index is 12.8. The van der Waals surface area contributed by atoms with Crippen molar-refractivity contribution in [1.29, 1.82) is 0 Å². The number of piperazine rings is 1. The van der Waals surface area contributed by atoms with Crippen molar-refractivity contribution in [3.05, 3.63) is 59.1 Å². The van der Waals surface area contributed by atoms with E-state index in [1.807, 2.05) is 42.2 Å². The van der Waals surface area contributed by atoms with Gasteiger partial charge in [0.05, 0.1) is 17.4 Å². The van der Waals surface area contributed by atoms with Crippen LogP contribution in [-0.2, 0) is 4.79 Å². The first kappa shape index (κ1) is 20.6. The summed E-state index contributed by atoms with van der Waals surface area (Å²) >= 11 is 7.66. The molecule has 1 aliphatic rings. The Labute approximate surface area is 174 Å². The fourth-order valence-electron chi connectivity index (χ4n) is 3.11. The van der Waals surface area contributed by atoms with Gasteiger partial charge >= 0.3 is 0 Å². The smallest absolute Gasteiger partial charge is 0.254 e. The molecule has 0 aliphatic carbocycles. The largest absolute Gasteiger partial charge is 0.497 e. The van der Waals surface area contributed by atoms with Crippen LogP contribution in [0.5, 0.6) is 5.75 Å². The van der Waals surface area contributed by atoms with E-state index >= 15 is 0 Å². The second-order valence-corrected chi connectivity index (χ2v) is 8.33. The predicted octanol–water partition coefficient (Wildman–Crippen LogP) is 3.81. The second kappa shape index (κ2) is 9.34. The molecule has 1 fully saturated rings. The van der Waals surface area contributed by atoms with Gasteiger partial charge in [0.25, 0.3) is 5.91 Å². The normalized spacial score (nSPS) is 15.2. The van der Waals surface area contributed by atoms with Gasteiger partial charge in [-0.05, 0) is 37.3 Å². The van der Waals surface area contributed by atoms with Gasteiger partial charge in [-0.2, -0.15) is 0 Å². The highest BCUT2D eigenvalue weighted by atomic mass is 35.5. The fraction of sp³-hybridized carbons (Fsp3) is 0.333. The quantitative estimate of drug-likeness (QED) is 0.693. The van der Waals surface area contributed by atoms with Crippen LogP contribution in [-0.4, -0.2) is 60.2 Å². The Hall–Kier alpha value is -2.18. The first-order valence-electron chi connectivity index (χ1n) is 9.13. The summed E-state index contributed by atoms with van der Waals surface area (Å²) in [6, 6.07) is 14.7. The number of amides is 2. The fourth-order valence-corrected chi connectivity index (χ4v) is 4.34. The van der Waals surface area contributed by atoms with Gasteiger partial charge in [0.1, 0.15) is 5.75 Å². The zero-order chi connectivity index (χ0) is 20.1. The van der Waals surface area contributed by atoms with Gasteiger partial charge in [-0.1, -0.05) is 29.8 Å². The number of hydrogen-bond donors (Lipinski definition) is 0. The van der Waals surface area contributed by atoms with E-state index in [-0.39, 0.29) is 17.1 Å². The summed E-state index contributed by atoms with van der Waals surface area (Å²) in [6.45, 7) is 3.99. The molecule has 3 rings (SSSR count). The molecule has 0 spiro atoms. The van der Waals surface area contributed by atoms with Crippen LogP contribution < -0.4 is 4.74 Å². The molecule has 1 unspecified atom stereocenters. The highest BCUT2D eigenvalue weighted by Gasteiger charge is 2.28. The molecule has 0 bridgehead atoms. The number of hydrogen-bond acceptors (Lipinski definition) is 4. The molecular weight excluding hydrogens is 396 g/mol. The van der Waals surface area contributed by atoms with Crippen molar-refractivity contribution < 1.29 is 14.3 Å². The van der Waals surface area contributed by atoms with Gasteiger partial charge in [-0.15, -0.1) is 11.8 Å². The lowest BCUT2D eigenvalue weighted by molar-refractivity contribution is -0.131. The lowest BCUT2D eigenvalue weighted by atomic mass is 10.1. The van der Waals surface area contributed by atoms with Crippen LogP contribution in [0.2, 0.25) is 5.02 Å². The van der Waals surface area contributed by atoms with E-state index in [9.17, 15) is 9.59 Å². The summed E-state index contributed by atoms with van der Waals surface area (Å²) in [6.07, 6.45) is 0. The Morgan fingerprint density at radius 1 is 1.04 bits per heavy atom.